The SMILES string of the molecule is CC.CC(C)C1CC2CC(C2)[C@H]1C. The van der Waals surface area contributed by atoms with E-state index in [0.29, 0.717) is 0 Å². The average Bonchev–Trinajstić information content (AvgIpc) is 2.05. The van der Waals surface area contributed by atoms with Crippen molar-refractivity contribution in [3.05, 3.63) is 0 Å². The normalized spacial score (nSPS) is 42.0. The lowest BCUT2D eigenvalue weighted by Crippen LogP contribution is -2.42. The molecule has 0 saturated heterocycles. The van der Waals surface area contributed by atoms with E-state index in [1.165, 1.54) is 6.42 Å². The van der Waals surface area contributed by atoms with Crippen molar-refractivity contribution in [1.29, 1.82) is 0 Å². The summed E-state index contributed by atoms with van der Waals surface area (Å²) in [5, 5.41) is 0. The van der Waals surface area contributed by atoms with Gasteiger partial charge in [0.1, 0.15) is 0 Å². The van der Waals surface area contributed by atoms with Gasteiger partial charge in [0.2, 0.25) is 0 Å². The Kier molecular flexibility index (Phi) is 3.82. The highest BCUT2D eigenvalue weighted by Gasteiger charge is 2.43. The maximum absolute atomic E-state index is 2.48. The summed E-state index contributed by atoms with van der Waals surface area (Å²) in [5.41, 5.74) is 0. The largest absolute Gasteiger partial charge is 0.0683 e. The minimum Gasteiger partial charge on any atom is -0.0683 e. The highest BCUT2D eigenvalue weighted by Crippen LogP contribution is 2.53. The smallest absolute Gasteiger partial charge is 0.0360 e. The molecule has 0 amide bonds. The second-order valence-corrected chi connectivity index (χ2v) is 5.10. The summed E-state index contributed by atoms with van der Waals surface area (Å²) in [7, 11) is 0. The number of rotatable bonds is 1. The van der Waals surface area contributed by atoms with Crippen LogP contribution in [-0.4, -0.2) is 0 Å². The summed E-state index contributed by atoms with van der Waals surface area (Å²) >= 11 is 0. The fourth-order valence-electron chi connectivity index (χ4n) is 3.24. The highest BCUT2D eigenvalue weighted by atomic mass is 14.5. The Hall–Kier alpha value is 0. The Morgan fingerprint density at radius 1 is 1.00 bits per heavy atom. The fraction of sp³-hybridized carbons (Fsp3) is 1.00. The van der Waals surface area contributed by atoms with E-state index in [4.69, 9.17) is 0 Å². The summed E-state index contributed by atoms with van der Waals surface area (Å²) in [6.45, 7) is 11.3. The molecule has 13 heavy (non-hydrogen) atoms. The van der Waals surface area contributed by atoms with E-state index in [2.05, 4.69) is 20.8 Å². The average molecular weight is 182 g/mol. The molecule has 0 heterocycles. The molecule has 0 radical (unpaired) electrons. The quantitative estimate of drug-likeness (QED) is 0.565. The lowest BCUT2D eigenvalue weighted by Gasteiger charge is -2.51. The third kappa shape index (κ3) is 2.08. The molecular weight excluding hydrogens is 156 g/mol. The van der Waals surface area contributed by atoms with Crippen molar-refractivity contribution in [3.8, 4) is 0 Å². The number of hydrogen-bond donors (Lipinski definition) is 0. The van der Waals surface area contributed by atoms with Crippen molar-refractivity contribution < 1.29 is 0 Å². The lowest BCUT2D eigenvalue weighted by molar-refractivity contribution is -0.0119. The van der Waals surface area contributed by atoms with Crippen LogP contribution in [0.3, 0.4) is 0 Å². The van der Waals surface area contributed by atoms with E-state index >= 15 is 0 Å². The van der Waals surface area contributed by atoms with Crippen LogP contribution in [0.1, 0.15) is 53.9 Å². The Bertz CT molecular complexity index is 142. The van der Waals surface area contributed by atoms with Crippen LogP contribution >= 0.6 is 0 Å². The van der Waals surface area contributed by atoms with Crippen molar-refractivity contribution >= 4 is 0 Å². The van der Waals surface area contributed by atoms with Crippen molar-refractivity contribution in [2.24, 2.45) is 29.6 Å². The molecule has 3 rings (SSSR count). The van der Waals surface area contributed by atoms with Crippen LogP contribution in [0.15, 0.2) is 0 Å². The van der Waals surface area contributed by atoms with Gasteiger partial charge in [0.15, 0.2) is 0 Å². The third-order valence-corrected chi connectivity index (χ3v) is 4.15. The second kappa shape index (κ2) is 4.48. The van der Waals surface area contributed by atoms with Gasteiger partial charge >= 0.3 is 0 Å². The zero-order valence-electron chi connectivity index (χ0n) is 10.0. The van der Waals surface area contributed by atoms with Gasteiger partial charge in [0.25, 0.3) is 0 Å². The molecule has 3 saturated carbocycles. The first-order valence-corrected chi connectivity index (χ1v) is 6.18. The third-order valence-electron chi connectivity index (χ3n) is 4.15. The molecule has 0 aromatic heterocycles. The van der Waals surface area contributed by atoms with Crippen molar-refractivity contribution in [3.63, 3.8) is 0 Å². The van der Waals surface area contributed by atoms with Crippen molar-refractivity contribution in [2.45, 2.75) is 53.9 Å². The Morgan fingerprint density at radius 2 is 1.54 bits per heavy atom. The van der Waals surface area contributed by atoms with E-state index < -0.39 is 0 Å². The van der Waals surface area contributed by atoms with Gasteiger partial charge in [-0.1, -0.05) is 34.6 Å². The molecule has 2 atom stereocenters. The van der Waals surface area contributed by atoms with Gasteiger partial charge in [-0.2, -0.15) is 0 Å². The van der Waals surface area contributed by atoms with Crippen LogP contribution < -0.4 is 0 Å². The molecule has 78 valence electrons. The van der Waals surface area contributed by atoms with Gasteiger partial charge in [0, 0.05) is 0 Å². The van der Waals surface area contributed by atoms with Crippen LogP contribution in [-0.2, 0) is 0 Å². The molecule has 3 fully saturated rings. The summed E-state index contributed by atoms with van der Waals surface area (Å²) in [6.07, 6.45) is 4.66. The van der Waals surface area contributed by atoms with E-state index in [-0.39, 0.29) is 0 Å². The molecule has 0 spiro atoms. The van der Waals surface area contributed by atoms with E-state index in [9.17, 15) is 0 Å². The molecule has 3 aliphatic carbocycles. The maximum Gasteiger partial charge on any atom is -0.0360 e. The molecule has 2 bridgehead atoms. The van der Waals surface area contributed by atoms with Gasteiger partial charge in [0.05, 0.1) is 0 Å². The van der Waals surface area contributed by atoms with Crippen LogP contribution in [0.25, 0.3) is 0 Å². The first-order chi connectivity index (χ1) is 6.18. The molecule has 0 heteroatoms. The summed E-state index contributed by atoms with van der Waals surface area (Å²) in [6, 6.07) is 0. The Morgan fingerprint density at radius 3 is 1.85 bits per heavy atom. The van der Waals surface area contributed by atoms with Crippen molar-refractivity contribution in [1.82, 2.24) is 0 Å². The predicted molar refractivity (Wildman–Crippen MR) is 59.7 cm³/mol. The topological polar surface area (TPSA) is 0 Å². The molecule has 0 aromatic rings. The molecule has 1 unspecified atom stereocenters. The zero-order valence-corrected chi connectivity index (χ0v) is 10.0. The van der Waals surface area contributed by atoms with Gasteiger partial charge in [-0.25, -0.2) is 0 Å². The Balaban J connectivity index is 0.000000396. The van der Waals surface area contributed by atoms with Crippen LogP contribution in [0.5, 0.6) is 0 Å². The summed E-state index contributed by atoms with van der Waals surface area (Å²) < 4.78 is 0. The van der Waals surface area contributed by atoms with Crippen LogP contribution in [0.4, 0.5) is 0 Å². The van der Waals surface area contributed by atoms with E-state index in [1.807, 2.05) is 13.8 Å². The highest BCUT2D eigenvalue weighted by molar-refractivity contribution is 4.93. The summed E-state index contributed by atoms with van der Waals surface area (Å²) in [5.74, 6) is 5.24. The van der Waals surface area contributed by atoms with Gasteiger partial charge in [-0.3, -0.25) is 0 Å². The molecular formula is C13H26. The molecule has 0 aromatic carbocycles. The van der Waals surface area contributed by atoms with Gasteiger partial charge in [-0.15, -0.1) is 0 Å². The zero-order chi connectivity index (χ0) is 10.0. The standard InChI is InChI=1S/C11H20.C2H6/c1-7(2)11-6-9-4-10(5-9)8(11)3;1-2/h7-11H,4-6H2,1-3H3;1-2H3/t8-,9?,10?,11?;/m1./s1. The monoisotopic (exact) mass is 182 g/mol. The molecule has 3 aliphatic rings. The van der Waals surface area contributed by atoms with Gasteiger partial charge < -0.3 is 0 Å². The second-order valence-electron chi connectivity index (χ2n) is 5.10. The predicted octanol–water partition coefficient (Wildman–Crippen LogP) is 4.35. The minimum atomic E-state index is 0.926. The van der Waals surface area contributed by atoms with Crippen LogP contribution in [0, 0.1) is 29.6 Å². The van der Waals surface area contributed by atoms with Crippen molar-refractivity contribution in [2.75, 3.05) is 0 Å². The first kappa shape index (κ1) is 11.1. The Labute approximate surface area is 84.1 Å². The maximum atomic E-state index is 2.48. The molecule has 0 N–H and O–H groups in total. The number of hydrogen-bond acceptors (Lipinski definition) is 0. The van der Waals surface area contributed by atoms with Crippen LogP contribution in [0.2, 0.25) is 0 Å². The fourth-order valence-corrected chi connectivity index (χ4v) is 3.24. The van der Waals surface area contributed by atoms with E-state index in [0.717, 1.165) is 29.6 Å². The lowest BCUT2D eigenvalue weighted by atomic mass is 9.54. The summed E-state index contributed by atoms with van der Waals surface area (Å²) in [4.78, 5) is 0. The van der Waals surface area contributed by atoms with E-state index in [1.54, 1.807) is 12.8 Å². The number of fused-ring (bicyclic) bond motifs is 2. The molecule has 0 aliphatic heterocycles. The van der Waals surface area contributed by atoms with Gasteiger partial charge in [-0.05, 0) is 48.9 Å². The minimum absolute atomic E-state index is 0.926. The molecule has 0 nitrogen and oxygen atoms in total. The first-order valence-electron chi connectivity index (χ1n) is 6.18.